The van der Waals surface area contributed by atoms with Crippen LogP contribution >= 0.6 is 0 Å². The largest absolute Gasteiger partial charge is 0.507 e. The zero-order valence-electron chi connectivity index (χ0n) is 13.1. The molecule has 0 unspecified atom stereocenters. The predicted octanol–water partition coefficient (Wildman–Crippen LogP) is 2.05. The molecule has 0 spiro atoms. The summed E-state index contributed by atoms with van der Waals surface area (Å²) in [7, 11) is 0. The van der Waals surface area contributed by atoms with E-state index in [1.165, 1.54) is 4.90 Å². The molecule has 0 radical (unpaired) electrons. The molecule has 2 amide bonds. The Morgan fingerprint density at radius 1 is 1.26 bits per heavy atom. The number of amides is 2. The fraction of sp³-hybridized carbons (Fsp3) is 0.500. The van der Waals surface area contributed by atoms with Crippen LogP contribution in [0.2, 0.25) is 0 Å². The number of aromatic hydroxyl groups is 1. The SMILES string of the molecule is CC(C)C(=O)NC1CCN(C(=O)c2c(O)cc(F)cc2F)CC1. The van der Waals surface area contributed by atoms with E-state index in [1.807, 2.05) is 0 Å². The van der Waals surface area contributed by atoms with E-state index in [9.17, 15) is 23.5 Å². The number of phenolic OH excluding ortho intramolecular Hbond substituents is 1. The lowest BCUT2D eigenvalue weighted by Gasteiger charge is -2.33. The fourth-order valence-electron chi connectivity index (χ4n) is 2.52. The molecular formula is C16H20F2N2O3. The summed E-state index contributed by atoms with van der Waals surface area (Å²) in [6, 6.07) is 1.26. The van der Waals surface area contributed by atoms with Crippen LogP contribution in [0, 0.1) is 17.6 Å². The second-order valence-corrected chi connectivity index (χ2v) is 6.01. The molecule has 0 atom stereocenters. The number of likely N-dealkylation sites (tertiary alicyclic amines) is 1. The van der Waals surface area contributed by atoms with Gasteiger partial charge < -0.3 is 15.3 Å². The summed E-state index contributed by atoms with van der Waals surface area (Å²) in [5.74, 6) is -3.55. The van der Waals surface area contributed by atoms with E-state index in [2.05, 4.69) is 5.32 Å². The maximum atomic E-state index is 13.7. The standard InChI is InChI=1S/C16H20F2N2O3/c1-9(2)15(22)19-11-3-5-20(6-4-11)16(23)14-12(18)7-10(17)8-13(14)21/h7-9,11,21H,3-6H2,1-2H3,(H,19,22). The van der Waals surface area contributed by atoms with Gasteiger partial charge in [0.2, 0.25) is 5.91 Å². The highest BCUT2D eigenvalue weighted by molar-refractivity contribution is 5.97. The van der Waals surface area contributed by atoms with Gasteiger partial charge in [0, 0.05) is 37.2 Å². The van der Waals surface area contributed by atoms with Gasteiger partial charge in [-0.15, -0.1) is 0 Å². The normalized spacial score (nSPS) is 15.8. The Kier molecular flexibility index (Phi) is 5.18. The summed E-state index contributed by atoms with van der Waals surface area (Å²) < 4.78 is 26.7. The van der Waals surface area contributed by atoms with Crippen molar-refractivity contribution in [1.82, 2.24) is 10.2 Å². The molecule has 0 saturated carbocycles. The number of carbonyl (C=O) groups is 2. The van der Waals surface area contributed by atoms with Crippen LogP contribution in [0.5, 0.6) is 5.75 Å². The summed E-state index contributed by atoms with van der Waals surface area (Å²) >= 11 is 0. The van der Waals surface area contributed by atoms with Crippen LogP contribution in [0.25, 0.3) is 0 Å². The Morgan fingerprint density at radius 3 is 2.39 bits per heavy atom. The number of rotatable bonds is 3. The van der Waals surface area contributed by atoms with E-state index in [-0.39, 0.29) is 17.9 Å². The van der Waals surface area contributed by atoms with Gasteiger partial charge in [0.25, 0.3) is 5.91 Å². The second kappa shape index (κ2) is 6.93. The lowest BCUT2D eigenvalue weighted by molar-refractivity contribution is -0.124. The fourth-order valence-corrected chi connectivity index (χ4v) is 2.52. The van der Waals surface area contributed by atoms with Gasteiger partial charge >= 0.3 is 0 Å². The van der Waals surface area contributed by atoms with Crippen LogP contribution in [-0.2, 0) is 4.79 Å². The molecule has 7 heteroatoms. The summed E-state index contributed by atoms with van der Waals surface area (Å²) in [5, 5.41) is 12.5. The molecule has 1 fully saturated rings. The molecule has 1 aromatic carbocycles. The maximum Gasteiger partial charge on any atom is 0.260 e. The van der Waals surface area contributed by atoms with Crippen molar-refractivity contribution in [3.8, 4) is 5.75 Å². The first kappa shape index (κ1) is 17.2. The monoisotopic (exact) mass is 326 g/mol. The minimum atomic E-state index is -1.08. The average molecular weight is 326 g/mol. The molecule has 1 heterocycles. The zero-order chi connectivity index (χ0) is 17.1. The second-order valence-electron chi connectivity index (χ2n) is 6.01. The Hall–Kier alpha value is -2.18. The third-order valence-corrected chi connectivity index (χ3v) is 3.90. The summed E-state index contributed by atoms with van der Waals surface area (Å²) in [6.07, 6.45) is 1.10. The van der Waals surface area contributed by atoms with Crippen molar-refractivity contribution in [2.75, 3.05) is 13.1 Å². The molecular weight excluding hydrogens is 306 g/mol. The molecule has 0 aliphatic carbocycles. The molecule has 2 N–H and O–H groups in total. The summed E-state index contributed by atoms with van der Waals surface area (Å²) in [5.41, 5.74) is -0.518. The summed E-state index contributed by atoms with van der Waals surface area (Å²) in [6.45, 7) is 4.26. The van der Waals surface area contributed by atoms with Gasteiger partial charge in [-0.3, -0.25) is 9.59 Å². The lowest BCUT2D eigenvalue weighted by Crippen LogP contribution is -2.47. The van der Waals surface area contributed by atoms with E-state index < -0.39 is 28.9 Å². The van der Waals surface area contributed by atoms with Crippen LogP contribution in [0.4, 0.5) is 8.78 Å². The number of hydrogen-bond acceptors (Lipinski definition) is 3. The van der Waals surface area contributed by atoms with Crippen LogP contribution in [0.15, 0.2) is 12.1 Å². The highest BCUT2D eigenvalue weighted by atomic mass is 19.1. The van der Waals surface area contributed by atoms with Gasteiger partial charge in [-0.05, 0) is 12.8 Å². The minimum Gasteiger partial charge on any atom is -0.507 e. The number of hydrogen-bond donors (Lipinski definition) is 2. The number of nitrogens with one attached hydrogen (secondary N) is 1. The quantitative estimate of drug-likeness (QED) is 0.893. The number of phenols is 1. The zero-order valence-corrected chi connectivity index (χ0v) is 13.1. The van der Waals surface area contributed by atoms with Crippen molar-refractivity contribution >= 4 is 11.8 Å². The molecule has 5 nitrogen and oxygen atoms in total. The third-order valence-electron chi connectivity index (χ3n) is 3.90. The van der Waals surface area contributed by atoms with E-state index in [1.54, 1.807) is 13.8 Å². The van der Waals surface area contributed by atoms with Crippen LogP contribution < -0.4 is 5.32 Å². The number of piperidine rings is 1. The van der Waals surface area contributed by atoms with Crippen molar-refractivity contribution in [3.05, 3.63) is 29.3 Å². The Bertz CT molecular complexity index is 588. The van der Waals surface area contributed by atoms with Crippen molar-refractivity contribution in [1.29, 1.82) is 0 Å². The topological polar surface area (TPSA) is 69.6 Å². The molecule has 23 heavy (non-hydrogen) atoms. The first-order chi connectivity index (χ1) is 10.8. The van der Waals surface area contributed by atoms with Crippen molar-refractivity contribution in [2.45, 2.75) is 32.7 Å². The highest BCUT2D eigenvalue weighted by Gasteiger charge is 2.28. The lowest BCUT2D eigenvalue weighted by atomic mass is 10.0. The maximum absolute atomic E-state index is 13.7. The van der Waals surface area contributed by atoms with E-state index in [4.69, 9.17) is 0 Å². The Morgan fingerprint density at radius 2 is 1.87 bits per heavy atom. The first-order valence-corrected chi connectivity index (χ1v) is 7.57. The number of carbonyl (C=O) groups excluding carboxylic acids is 2. The van der Waals surface area contributed by atoms with Crippen LogP contribution in [0.3, 0.4) is 0 Å². The van der Waals surface area contributed by atoms with Gasteiger partial charge in [-0.1, -0.05) is 13.8 Å². The minimum absolute atomic E-state index is 0.0272. The highest BCUT2D eigenvalue weighted by Crippen LogP contribution is 2.25. The van der Waals surface area contributed by atoms with Crippen molar-refractivity contribution in [3.63, 3.8) is 0 Å². The molecule has 126 valence electrons. The smallest absolute Gasteiger partial charge is 0.260 e. The Balaban J connectivity index is 2.00. The van der Waals surface area contributed by atoms with Crippen LogP contribution in [0.1, 0.15) is 37.0 Å². The number of nitrogens with zero attached hydrogens (tertiary/aromatic N) is 1. The molecule has 0 aromatic heterocycles. The molecule has 1 aliphatic rings. The number of halogens is 2. The Labute approximate surface area is 133 Å². The van der Waals surface area contributed by atoms with E-state index >= 15 is 0 Å². The van der Waals surface area contributed by atoms with Gasteiger partial charge in [-0.2, -0.15) is 0 Å². The molecule has 2 rings (SSSR count). The van der Waals surface area contributed by atoms with Crippen molar-refractivity contribution < 1.29 is 23.5 Å². The molecule has 1 saturated heterocycles. The molecule has 1 aromatic rings. The first-order valence-electron chi connectivity index (χ1n) is 7.57. The van der Waals surface area contributed by atoms with Gasteiger partial charge in [-0.25, -0.2) is 8.78 Å². The van der Waals surface area contributed by atoms with Gasteiger partial charge in [0.15, 0.2) is 0 Å². The molecule has 1 aliphatic heterocycles. The van der Waals surface area contributed by atoms with Crippen molar-refractivity contribution in [2.24, 2.45) is 5.92 Å². The number of benzene rings is 1. The van der Waals surface area contributed by atoms with Gasteiger partial charge in [0.1, 0.15) is 22.9 Å². The third kappa shape index (κ3) is 3.97. The average Bonchev–Trinajstić information content (AvgIpc) is 2.46. The summed E-state index contributed by atoms with van der Waals surface area (Å²) in [4.78, 5) is 25.4. The van der Waals surface area contributed by atoms with E-state index in [0.29, 0.717) is 38.1 Å². The predicted molar refractivity (Wildman–Crippen MR) is 79.9 cm³/mol. The molecule has 0 bridgehead atoms. The van der Waals surface area contributed by atoms with E-state index in [0.717, 1.165) is 0 Å². The van der Waals surface area contributed by atoms with Crippen LogP contribution in [-0.4, -0.2) is 41.0 Å². The van der Waals surface area contributed by atoms with Gasteiger partial charge in [0.05, 0.1) is 0 Å².